The maximum atomic E-state index is 11.4. The molecule has 0 spiro atoms. The van der Waals surface area contributed by atoms with Crippen molar-refractivity contribution in [1.29, 1.82) is 0 Å². The minimum absolute atomic E-state index is 0.173. The van der Waals surface area contributed by atoms with E-state index in [1.54, 1.807) is 0 Å². The molecule has 1 saturated carbocycles. The molecule has 2 N–H and O–H groups in total. The molecule has 0 aromatic carbocycles. The monoisotopic (exact) mass is 255 g/mol. The Morgan fingerprint density at radius 1 is 1.22 bits per heavy atom. The summed E-state index contributed by atoms with van der Waals surface area (Å²) in [5, 5.41) is 19.6. The number of piperidine rings is 1. The second kappa shape index (κ2) is 5.57. The van der Waals surface area contributed by atoms with Crippen LogP contribution in [0.15, 0.2) is 0 Å². The number of carboxylic acid groups (broad SMARTS) is 1. The summed E-state index contributed by atoms with van der Waals surface area (Å²) < 4.78 is 0. The SMILES string of the molecule is CC1(C(=O)O)CCCN(C2CCCCCC2O)C1. The topological polar surface area (TPSA) is 60.8 Å². The van der Waals surface area contributed by atoms with E-state index in [4.69, 9.17) is 0 Å². The highest BCUT2D eigenvalue weighted by atomic mass is 16.4. The Hall–Kier alpha value is -0.610. The van der Waals surface area contributed by atoms with E-state index in [-0.39, 0.29) is 12.1 Å². The molecule has 4 heteroatoms. The zero-order chi connectivity index (χ0) is 13.2. The van der Waals surface area contributed by atoms with Gasteiger partial charge in [-0.15, -0.1) is 0 Å². The molecule has 1 saturated heterocycles. The molecule has 3 unspecified atom stereocenters. The molecule has 0 amide bonds. The highest BCUT2D eigenvalue weighted by Crippen LogP contribution is 2.33. The number of aliphatic hydroxyl groups is 1. The number of aliphatic hydroxyl groups excluding tert-OH is 1. The fourth-order valence-electron chi connectivity index (χ4n) is 3.43. The van der Waals surface area contributed by atoms with E-state index >= 15 is 0 Å². The van der Waals surface area contributed by atoms with E-state index in [0.29, 0.717) is 6.54 Å². The van der Waals surface area contributed by atoms with Gasteiger partial charge in [0.2, 0.25) is 0 Å². The lowest BCUT2D eigenvalue weighted by Crippen LogP contribution is -2.53. The van der Waals surface area contributed by atoms with Gasteiger partial charge in [0, 0.05) is 12.6 Å². The van der Waals surface area contributed by atoms with Gasteiger partial charge in [0.15, 0.2) is 0 Å². The van der Waals surface area contributed by atoms with Crippen molar-refractivity contribution in [2.75, 3.05) is 13.1 Å². The van der Waals surface area contributed by atoms with Gasteiger partial charge in [-0.2, -0.15) is 0 Å². The van der Waals surface area contributed by atoms with Crippen molar-refractivity contribution in [2.45, 2.75) is 64.0 Å². The van der Waals surface area contributed by atoms with Crippen LogP contribution in [0.4, 0.5) is 0 Å². The van der Waals surface area contributed by atoms with Crippen LogP contribution in [-0.2, 0) is 4.79 Å². The lowest BCUT2D eigenvalue weighted by Gasteiger charge is -2.43. The van der Waals surface area contributed by atoms with Crippen LogP contribution in [0, 0.1) is 5.41 Å². The molecule has 3 atom stereocenters. The molecule has 4 nitrogen and oxygen atoms in total. The highest BCUT2D eigenvalue weighted by Gasteiger charge is 2.41. The van der Waals surface area contributed by atoms with Crippen molar-refractivity contribution in [2.24, 2.45) is 5.41 Å². The Morgan fingerprint density at radius 3 is 2.67 bits per heavy atom. The quantitative estimate of drug-likeness (QED) is 0.739. The zero-order valence-corrected chi connectivity index (χ0v) is 11.3. The van der Waals surface area contributed by atoms with E-state index in [0.717, 1.165) is 45.1 Å². The van der Waals surface area contributed by atoms with Crippen LogP contribution in [-0.4, -0.2) is 46.3 Å². The predicted octanol–water partition coefficient (Wildman–Crippen LogP) is 1.87. The number of hydrogen-bond acceptors (Lipinski definition) is 3. The molecule has 104 valence electrons. The van der Waals surface area contributed by atoms with Crippen molar-refractivity contribution in [1.82, 2.24) is 4.90 Å². The first-order chi connectivity index (χ1) is 8.53. The summed E-state index contributed by atoms with van der Waals surface area (Å²) in [6.07, 6.45) is 6.72. The highest BCUT2D eigenvalue weighted by molar-refractivity contribution is 5.74. The average molecular weight is 255 g/mol. The summed E-state index contributed by atoms with van der Waals surface area (Å²) in [5.41, 5.74) is -0.635. The van der Waals surface area contributed by atoms with Gasteiger partial charge < -0.3 is 10.2 Å². The Morgan fingerprint density at radius 2 is 1.94 bits per heavy atom. The van der Waals surface area contributed by atoms with Crippen LogP contribution >= 0.6 is 0 Å². The third-order valence-electron chi connectivity index (χ3n) is 4.66. The van der Waals surface area contributed by atoms with E-state index in [2.05, 4.69) is 4.90 Å². The molecule has 0 radical (unpaired) electrons. The van der Waals surface area contributed by atoms with Crippen molar-refractivity contribution in [3.05, 3.63) is 0 Å². The number of nitrogens with zero attached hydrogens (tertiary/aromatic N) is 1. The minimum atomic E-state index is -0.699. The molecule has 1 aliphatic heterocycles. The molecule has 2 rings (SSSR count). The number of carbonyl (C=O) groups is 1. The smallest absolute Gasteiger partial charge is 0.310 e. The third kappa shape index (κ3) is 2.86. The van der Waals surface area contributed by atoms with Crippen LogP contribution in [0.1, 0.15) is 51.9 Å². The summed E-state index contributed by atoms with van der Waals surface area (Å²) in [6.45, 7) is 3.36. The third-order valence-corrected chi connectivity index (χ3v) is 4.66. The fourth-order valence-corrected chi connectivity index (χ4v) is 3.43. The minimum Gasteiger partial charge on any atom is -0.481 e. The van der Waals surface area contributed by atoms with Gasteiger partial charge in [0.05, 0.1) is 11.5 Å². The number of likely N-dealkylation sites (tertiary alicyclic amines) is 1. The first kappa shape index (κ1) is 13.8. The first-order valence-corrected chi connectivity index (χ1v) is 7.18. The van der Waals surface area contributed by atoms with Crippen LogP contribution in [0.5, 0.6) is 0 Å². The molecule has 2 fully saturated rings. The number of hydrogen-bond donors (Lipinski definition) is 2. The number of aliphatic carboxylic acids is 1. The maximum Gasteiger partial charge on any atom is 0.310 e. The van der Waals surface area contributed by atoms with Gasteiger partial charge in [-0.05, 0) is 39.2 Å². The summed E-state index contributed by atoms with van der Waals surface area (Å²) in [7, 11) is 0. The van der Waals surface area contributed by atoms with Crippen molar-refractivity contribution < 1.29 is 15.0 Å². The molecule has 1 heterocycles. The van der Waals surface area contributed by atoms with Gasteiger partial charge in [-0.25, -0.2) is 0 Å². The van der Waals surface area contributed by atoms with E-state index in [1.807, 2.05) is 6.92 Å². The van der Waals surface area contributed by atoms with Gasteiger partial charge >= 0.3 is 5.97 Å². The first-order valence-electron chi connectivity index (χ1n) is 7.18. The molecule has 0 aromatic heterocycles. The molecule has 0 bridgehead atoms. The Balaban J connectivity index is 2.05. The van der Waals surface area contributed by atoms with Gasteiger partial charge in [0.25, 0.3) is 0 Å². The van der Waals surface area contributed by atoms with Crippen molar-refractivity contribution >= 4 is 5.97 Å². The van der Waals surface area contributed by atoms with E-state index < -0.39 is 11.4 Å². The second-order valence-electron chi connectivity index (χ2n) is 6.21. The summed E-state index contributed by atoms with van der Waals surface area (Å²) in [4.78, 5) is 13.6. The van der Waals surface area contributed by atoms with Crippen LogP contribution in [0.3, 0.4) is 0 Å². The van der Waals surface area contributed by atoms with Crippen molar-refractivity contribution in [3.63, 3.8) is 0 Å². The Labute approximate surface area is 109 Å². The van der Waals surface area contributed by atoms with Gasteiger partial charge in [-0.1, -0.05) is 19.3 Å². The molecule has 18 heavy (non-hydrogen) atoms. The second-order valence-corrected chi connectivity index (χ2v) is 6.21. The van der Waals surface area contributed by atoms with Gasteiger partial charge in [0.1, 0.15) is 0 Å². The number of rotatable bonds is 2. The van der Waals surface area contributed by atoms with Crippen LogP contribution < -0.4 is 0 Å². The molecule has 1 aliphatic carbocycles. The molecule has 0 aromatic rings. The van der Waals surface area contributed by atoms with Crippen LogP contribution in [0.25, 0.3) is 0 Å². The lowest BCUT2D eigenvalue weighted by atomic mass is 9.81. The molecule has 2 aliphatic rings. The van der Waals surface area contributed by atoms with E-state index in [1.165, 1.54) is 6.42 Å². The fraction of sp³-hybridized carbons (Fsp3) is 0.929. The normalized spacial score (nSPS) is 39.2. The average Bonchev–Trinajstić information content (AvgIpc) is 2.54. The summed E-state index contributed by atoms with van der Waals surface area (Å²) in [6, 6.07) is 0.173. The Kier molecular flexibility index (Phi) is 4.28. The standard InChI is InChI=1S/C14H25NO3/c1-14(13(17)18)8-5-9-15(10-14)11-6-3-2-4-7-12(11)16/h11-12,16H,2-10H2,1H3,(H,17,18). The van der Waals surface area contributed by atoms with Gasteiger partial charge in [-0.3, -0.25) is 9.69 Å². The predicted molar refractivity (Wildman–Crippen MR) is 69.4 cm³/mol. The summed E-state index contributed by atoms with van der Waals surface area (Å²) in [5.74, 6) is -0.699. The molecular weight excluding hydrogens is 230 g/mol. The van der Waals surface area contributed by atoms with Crippen molar-refractivity contribution in [3.8, 4) is 0 Å². The largest absolute Gasteiger partial charge is 0.481 e. The molecular formula is C14H25NO3. The van der Waals surface area contributed by atoms with Crippen LogP contribution in [0.2, 0.25) is 0 Å². The lowest BCUT2D eigenvalue weighted by molar-refractivity contribution is -0.152. The Bertz CT molecular complexity index is 307. The summed E-state index contributed by atoms with van der Waals surface area (Å²) >= 11 is 0. The number of carboxylic acids is 1. The zero-order valence-electron chi connectivity index (χ0n) is 11.3. The van der Waals surface area contributed by atoms with E-state index in [9.17, 15) is 15.0 Å². The maximum absolute atomic E-state index is 11.4.